The molecule has 0 amide bonds. The summed E-state index contributed by atoms with van der Waals surface area (Å²) < 4.78 is 0. The van der Waals surface area contributed by atoms with E-state index in [4.69, 9.17) is 6.42 Å². The van der Waals surface area contributed by atoms with Crippen LogP contribution in [0.1, 0.15) is 52.4 Å². The van der Waals surface area contributed by atoms with Gasteiger partial charge in [0.05, 0.1) is 6.04 Å². The summed E-state index contributed by atoms with van der Waals surface area (Å²) >= 11 is 0. The number of hydrogen-bond donors (Lipinski definition) is 2. The second kappa shape index (κ2) is 7.70. The molecule has 0 spiro atoms. The van der Waals surface area contributed by atoms with Crippen LogP contribution in [0.4, 0.5) is 0 Å². The van der Waals surface area contributed by atoms with Gasteiger partial charge in [0.25, 0.3) is 0 Å². The van der Waals surface area contributed by atoms with Crippen LogP contribution < -0.4 is 10.6 Å². The zero-order valence-electron chi connectivity index (χ0n) is 10.8. The molecule has 0 aromatic carbocycles. The van der Waals surface area contributed by atoms with Crippen LogP contribution >= 0.6 is 0 Å². The Kier molecular flexibility index (Phi) is 6.52. The SMILES string of the molecule is C#CC(CCC)NC(C)CC1CCCCN1. The number of nitrogens with one attached hydrogen (secondary N) is 2. The highest BCUT2D eigenvalue weighted by Gasteiger charge is 2.17. The second-order valence-electron chi connectivity index (χ2n) is 4.96. The van der Waals surface area contributed by atoms with Crippen LogP contribution in [0.5, 0.6) is 0 Å². The minimum absolute atomic E-state index is 0.253. The second-order valence-corrected chi connectivity index (χ2v) is 4.96. The average molecular weight is 222 g/mol. The van der Waals surface area contributed by atoms with E-state index in [0.29, 0.717) is 12.1 Å². The summed E-state index contributed by atoms with van der Waals surface area (Å²) in [5, 5.41) is 7.12. The quantitative estimate of drug-likeness (QED) is 0.674. The predicted octanol–water partition coefficient (Wildman–Crippen LogP) is 2.30. The Hall–Kier alpha value is -0.520. The van der Waals surface area contributed by atoms with Gasteiger partial charge in [0.2, 0.25) is 0 Å². The fraction of sp³-hybridized carbons (Fsp3) is 0.857. The third-order valence-corrected chi connectivity index (χ3v) is 3.31. The van der Waals surface area contributed by atoms with Crippen molar-refractivity contribution in [2.75, 3.05) is 6.54 Å². The molecule has 3 atom stereocenters. The van der Waals surface area contributed by atoms with Crippen LogP contribution in [0, 0.1) is 12.3 Å². The highest BCUT2D eigenvalue weighted by atomic mass is 15.0. The summed E-state index contributed by atoms with van der Waals surface area (Å²) in [6.45, 7) is 5.61. The lowest BCUT2D eigenvalue weighted by atomic mass is 9.98. The fourth-order valence-electron chi connectivity index (χ4n) is 2.47. The molecule has 0 bridgehead atoms. The lowest BCUT2D eigenvalue weighted by molar-refractivity contribution is 0.336. The van der Waals surface area contributed by atoms with Crippen molar-refractivity contribution in [3.8, 4) is 12.3 Å². The molecule has 1 fully saturated rings. The Morgan fingerprint density at radius 3 is 2.88 bits per heavy atom. The van der Waals surface area contributed by atoms with Gasteiger partial charge in [-0.05, 0) is 39.2 Å². The summed E-state index contributed by atoms with van der Waals surface area (Å²) in [6.07, 6.45) is 13.0. The van der Waals surface area contributed by atoms with Crippen molar-refractivity contribution in [1.82, 2.24) is 10.6 Å². The van der Waals surface area contributed by atoms with E-state index in [1.807, 2.05) is 0 Å². The lowest BCUT2D eigenvalue weighted by Crippen LogP contribution is -2.42. The minimum Gasteiger partial charge on any atom is -0.314 e. The molecule has 0 aromatic heterocycles. The topological polar surface area (TPSA) is 24.1 Å². The van der Waals surface area contributed by atoms with Gasteiger partial charge in [0.15, 0.2) is 0 Å². The number of hydrogen-bond acceptors (Lipinski definition) is 2. The largest absolute Gasteiger partial charge is 0.314 e. The third kappa shape index (κ3) is 5.01. The van der Waals surface area contributed by atoms with E-state index in [0.717, 1.165) is 12.8 Å². The zero-order valence-corrected chi connectivity index (χ0v) is 10.8. The van der Waals surface area contributed by atoms with Gasteiger partial charge < -0.3 is 10.6 Å². The van der Waals surface area contributed by atoms with Gasteiger partial charge >= 0.3 is 0 Å². The number of piperidine rings is 1. The smallest absolute Gasteiger partial charge is 0.0688 e. The maximum Gasteiger partial charge on any atom is 0.0688 e. The summed E-state index contributed by atoms with van der Waals surface area (Å²) in [7, 11) is 0. The molecule has 1 aliphatic rings. The molecule has 3 unspecified atom stereocenters. The molecular formula is C14H26N2. The Balaban J connectivity index is 2.22. The summed E-state index contributed by atoms with van der Waals surface area (Å²) in [5.41, 5.74) is 0. The van der Waals surface area contributed by atoms with E-state index in [2.05, 4.69) is 30.4 Å². The standard InChI is InChI=1S/C14H26N2/c1-4-8-13(5-2)16-12(3)11-14-9-6-7-10-15-14/h2,12-16H,4,6-11H2,1,3H3. The molecule has 2 N–H and O–H groups in total. The fourth-order valence-corrected chi connectivity index (χ4v) is 2.47. The third-order valence-electron chi connectivity index (χ3n) is 3.31. The van der Waals surface area contributed by atoms with Crippen LogP contribution in [0.2, 0.25) is 0 Å². The van der Waals surface area contributed by atoms with E-state index < -0.39 is 0 Å². The molecule has 92 valence electrons. The van der Waals surface area contributed by atoms with Gasteiger partial charge in [-0.1, -0.05) is 25.7 Å². The molecule has 2 heteroatoms. The van der Waals surface area contributed by atoms with Gasteiger partial charge in [-0.25, -0.2) is 0 Å². The van der Waals surface area contributed by atoms with Crippen molar-refractivity contribution in [2.45, 2.75) is 70.5 Å². The molecule has 1 heterocycles. The van der Waals surface area contributed by atoms with Crippen molar-refractivity contribution >= 4 is 0 Å². The van der Waals surface area contributed by atoms with E-state index in [-0.39, 0.29) is 6.04 Å². The van der Waals surface area contributed by atoms with Crippen molar-refractivity contribution in [2.24, 2.45) is 0 Å². The Bertz CT molecular complexity index is 213. The highest BCUT2D eigenvalue weighted by molar-refractivity contribution is 4.99. The first-order chi connectivity index (χ1) is 7.76. The molecule has 0 radical (unpaired) electrons. The van der Waals surface area contributed by atoms with Crippen molar-refractivity contribution in [3.63, 3.8) is 0 Å². The van der Waals surface area contributed by atoms with Crippen LogP contribution in [-0.2, 0) is 0 Å². The van der Waals surface area contributed by atoms with Crippen LogP contribution in [0.3, 0.4) is 0 Å². The van der Waals surface area contributed by atoms with Gasteiger partial charge in [-0.15, -0.1) is 6.42 Å². The average Bonchev–Trinajstić information content (AvgIpc) is 2.29. The molecule has 0 aliphatic carbocycles. The van der Waals surface area contributed by atoms with Gasteiger partial charge in [-0.2, -0.15) is 0 Å². The molecule has 0 saturated carbocycles. The van der Waals surface area contributed by atoms with Crippen LogP contribution in [0.15, 0.2) is 0 Å². The first-order valence-corrected chi connectivity index (χ1v) is 6.71. The molecule has 1 rings (SSSR count). The predicted molar refractivity (Wildman–Crippen MR) is 70.4 cm³/mol. The van der Waals surface area contributed by atoms with Gasteiger partial charge in [-0.3, -0.25) is 0 Å². The Morgan fingerprint density at radius 1 is 1.50 bits per heavy atom. The normalized spacial score (nSPS) is 24.7. The van der Waals surface area contributed by atoms with Crippen LogP contribution in [-0.4, -0.2) is 24.7 Å². The highest BCUT2D eigenvalue weighted by Crippen LogP contribution is 2.12. The van der Waals surface area contributed by atoms with Crippen molar-refractivity contribution in [1.29, 1.82) is 0 Å². The van der Waals surface area contributed by atoms with E-state index in [9.17, 15) is 0 Å². The lowest BCUT2D eigenvalue weighted by Gasteiger charge is -2.28. The van der Waals surface area contributed by atoms with Gasteiger partial charge in [0, 0.05) is 12.1 Å². The first kappa shape index (κ1) is 13.5. The van der Waals surface area contributed by atoms with Crippen LogP contribution in [0.25, 0.3) is 0 Å². The summed E-state index contributed by atoms with van der Waals surface area (Å²) in [6, 6.07) is 1.46. The maximum absolute atomic E-state index is 5.51. The number of terminal acetylenes is 1. The molecule has 2 nitrogen and oxygen atoms in total. The summed E-state index contributed by atoms with van der Waals surface area (Å²) in [5.74, 6) is 2.84. The maximum atomic E-state index is 5.51. The molecular weight excluding hydrogens is 196 g/mol. The van der Waals surface area contributed by atoms with E-state index >= 15 is 0 Å². The van der Waals surface area contributed by atoms with Crippen molar-refractivity contribution < 1.29 is 0 Å². The molecule has 0 aromatic rings. The monoisotopic (exact) mass is 222 g/mol. The Morgan fingerprint density at radius 2 is 2.31 bits per heavy atom. The van der Waals surface area contributed by atoms with E-state index in [1.165, 1.54) is 32.2 Å². The van der Waals surface area contributed by atoms with Gasteiger partial charge in [0.1, 0.15) is 0 Å². The first-order valence-electron chi connectivity index (χ1n) is 6.71. The number of rotatable bonds is 6. The minimum atomic E-state index is 0.253. The van der Waals surface area contributed by atoms with E-state index in [1.54, 1.807) is 0 Å². The van der Waals surface area contributed by atoms with Crippen molar-refractivity contribution in [3.05, 3.63) is 0 Å². The molecule has 1 aliphatic heterocycles. The Labute approximate surface area is 101 Å². The summed E-state index contributed by atoms with van der Waals surface area (Å²) in [4.78, 5) is 0. The zero-order chi connectivity index (χ0) is 11.8. The molecule has 1 saturated heterocycles. The molecule has 16 heavy (non-hydrogen) atoms.